The smallest absolute Gasteiger partial charge is 0.144 e. The maximum Gasteiger partial charge on any atom is 0.144 e. The summed E-state index contributed by atoms with van der Waals surface area (Å²) in [6, 6.07) is 7.18. The van der Waals surface area contributed by atoms with Crippen molar-refractivity contribution in [2.75, 3.05) is 5.88 Å². The van der Waals surface area contributed by atoms with Gasteiger partial charge in [0.1, 0.15) is 11.6 Å². The van der Waals surface area contributed by atoms with Crippen molar-refractivity contribution in [2.24, 2.45) is 0 Å². The third kappa shape index (κ3) is 2.68. The molecule has 2 nitrogen and oxygen atoms in total. The van der Waals surface area contributed by atoms with Gasteiger partial charge in [-0.05, 0) is 24.4 Å². The maximum atomic E-state index is 13.8. The van der Waals surface area contributed by atoms with Crippen molar-refractivity contribution in [1.29, 1.82) is 0 Å². The Balaban J connectivity index is 2.22. The second-order valence-electron chi connectivity index (χ2n) is 4.78. The van der Waals surface area contributed by atoms with Gasteiger partial charge in [-0.3, -0.25) is 0 Å². The van der Waals surface area contributed by atoms with Gasteiger partial charge in [-0.1, -0.05) is 17.7 Å². The molecule has 0 amide bonds. The average Bonchev–Trinajstić information content (AvgIpc) is 3.07. The SMILES string of the molecule is CC(c1cccs1)n1c(CCCl)nc2cc(Cl)c(F)cc21. The highest BCUT2D eigenvalue weighted by atomic mass is 35.5. The molecule has 0 N–H and O–H groups in total. The molecule has 1 atom stereocenters. The van der Waals surface area contributed by atoms with Gasteiger partial charge in [-0.25, -0.2) is 9.37 Å². The molecular formula is C15H13Cl2FN2S. The van der Waals surface area contributed by atoms with Crippen LogP contribution in [-0.4, -0.2) is 15.4 Å². The number of aryl methyl sites for hydroxylation is 1. The number of benzene rings is 1. The number of aromatic nitrogens is 2. The molecule has 0 radical (unpaired) electrons. The van der Waals surface area contributed by atoms with Crippen LogP contribution in [0, 0.1) is 5.82 Å². The maximum absolute atomic E-state index is 13.8. The molecule has 0 saturated heterocycles. The molecule has 21 heavy (non-hydrogen) atoms. The number of hydrogen-bond donors (Lipinski definition) is 0. The van der Waals surface area contributed by atoms with Crippen LogP contribution >= 0.6 is 34.5 Å². The van der Waals surface area contributed by atoms with Gasteiger partial charge in [0.2, 0.25) is 0 Å². The van der Waals surface area contributed by atoms with Crippen molar-refractivity contribution in [3.05, 3.63) is 51.2 Å². The molecule has 2 heterocycles. The Kier molecular flexibility index (Phi) is 4.20. The molecule has 0 aliphatic heterocycles. The summed E-state index contributed by atoms with van der Waals surface area (Å²) in [5.74, 6) is 0.889. The Bertz CT molecular complexity index is 768. The van der Waals surface area contributed by atoms with E-state index in [2.05, 4.69) is 18.0 Å². The Morgan fingerprint density at radius 1 is 1.43 bits per heavy atom. The van der Waals surface area contributed by atoms with Crippen LogP contribution in [0.2, 0.25) is 5.02 Å². The molecular weight excluding hydrogens is 330 g/mol. The van der Waals surface area contributed by atoms with E-state index in [1.165, 1.54) is 10.9 Å². The van der Waals surface area contributed by atoms with Gasteiger partial charge >= 0.3 is 0 Å². The predicted octanol–water partition coefficient (Wildman–Crippen LogP) is 5.28. The van der Waals surface area contributed by atoms with Gasteiger partial charge in [0.05, 0.1) is 22.1 Å². The summed E-state index contributed by atoms with van der Waals surface area (Å²) >= 11 is 13.4. The van der Waals surface area contributed by atoms with Gasteiger partial charge in [0.25, 0.3) is 0 Å². The highest BCUT2D eigenvalue weighted by Gasteiger charge is 2.19. The minimum Gasteiger partial charge on any atom is -0.320 e. The van der Waals surface area contributed by atoms with Gasteiger partial charge in [0.15, 0.2) is 0 Å². The van der Waals surface area contributed by atoms with E-state index in [0.29, 0.717) is 17.8 Å². The summed E-state index contributed by atoms with van der Waals surface area (Å²) in [6.45, 7) is 2.08. The zero-order valence-corrected chi connectivity index (χ0v) is 13.6. The standard InChI is InChI=1S/C15H13Cl2FN2S/c1-9(14-3-2-6-21-14)20-13-8-11(18)10(17)7-12(13)19-15(20)4-5-16/h2-3,6-9H,4-5H2,1H3. The molecule has 0 aliphatic rings. The fourth-order valence-electron chi connectivity index (χ4n) is 2.49. The third-order valence-electron chi connectivity index (χ3n) is 3.46. The lowest BCUT2D eigenvalue weighted by atomic mass is 10.2. The number of thiophene rings is 1. The van der Waals surface area contributed by atoms with Crippen molar-refractivity contribution < 1.29 is 4.39 Å². The minimum atomic E-state index is -0.430. The Morgan fingerprint density at radius 2 is 2.24 bits per heavy atom. The van der Waals surface area contributed by atoms with E-state index >= 15 is 0 Å². The average molecular weight is 343 g/mol. The molecule has 2 aromatic heterocycles. The van der Waals surface area contributed by atoms with Crippen LogP contribution in [0.5, 0.6) is 0 Å². The fraction of sp³-hybridized carbons (Fsp3) is 0.267. The van der Waals surface area contributed by atoms with Crippen LogP contribution < -0.4 is 0 Å². The number of rotatable bonds is 4. The second kappa shape index (κ2) is 5.95. The van der Waals surface area contributed by atoms with E-state index in [1.54, 1.807) is 17.4 Å². The monoisotopic (exact) mass is 342 g/mol. The molecule has 110 valence electrons. The summed E-state index contributed by atoms with van der Waals surface area (Å²) in [7, 11) is 0. The first kappa shape index (κ1) is 14.8. The van der Waals surface area contributed by atoms with Crippen molar-refractivity contribution >= 4 is 45.6 Å². The molecule has 0 fully saturated rings. The minimum absolute atomic E-state index is 0.0776. The highest BCUT2D eigenvalue weighted by Crippen LogP contribution is 2.31. The van der Waals surface area contributed by atoms with Crippen LogP contribution in [0.25, 0.3) is 11.0 Å². The summed E-state index contributed by atoms with van der Waals surface area (Å²) in [6.07, 6.45) is 0.630. The summed E-state index contributed by atoms with van der Waals surface area (Å²) in [5.41, 5.74) is 1.45. The highest BCUT2D eigenvalue weighted by molar-refractivity contribution is 7.10. The van der Waals surface area contributed by atoms with Crippen LogP contribution in [0.15, 0.2) is 29.6 Å². The number of alkyl halides is 1. The van der Waals surface area contributed by atoms with E-state index in [9.17, 15) is 4.39 Å². The van der Waals surface area contributed by atoms with E-state index < -0.39 is 5.82 Å². The zero-order chi connectivity index (χ0) is 15.0. The Labute approximate surface area is 136 Å². The van der Waals surface area contributed by atoms with Crippen LogP contribution in [0.1, 0.15) is 23.7 Å². The van der Waals surface area contributed by atoms with Crippen molar-refractivity contribution in [3.63, 3.8) is 0 Å². The van der Waals surface area contributed by atoms with Gasteiger partial charge in [-0.2, -0.15) is 0 Å². The largest absolute Gasteiger partial charge is 0.320 e. The van der Waals surface area contributed by atoms with Gasteiger partial charge in [-0.15, -0.1) is 22.9 Å². The summed E-state index contributed by atoms with van der Waals surface area (Å²) < 4.78 is 15.9. The first-order valence-electron chi connectivity index (χ1n) is 6.57. The molecule has 1 unspecified atom stereocenters. The summed E-state index contributed by atoms with van der Waals surface area (Å²) in [4.78, 5) is 5.76. The van der Waals surface area contributed by atoms with Crippen molar-refractivity contribution in [1.82, 2.24) is 9.55 Å². The molecule has 0 spiro atoms. The summed E-state index contributed by atoms with van der Waals surface area (Å²) in [5, 5.41) is 2.12. The molecule has 0 aliphatic carbocycles. The van der Waals surface area contributed by atoms with Gasteiger partial charge < -0.3 is 4.57 Å². The fourth-order valence-corrected chi connectivity index (χ4v) is 3.59. The molecule has 3 aromatic rings. The molecule has 0 saturated carbocycles. The normalized spacial score (nSPS) is 13.0. The molecule has 1 aromatic carbocycles. The van der Waals surface area contributed by atoms with E-state index in [0.717, 1.165) is 11.3 Å². The zero-order valence-electron chi connectivity index (χ0n) is 11.3. The number of nitrogens with zero attached hydrogens (tertiary/aromatic N) is 2. The van der Waals surface area contributed by atoms with E-state index in [1.807, 2.05) is 16.0 Å². The van der Waals surface area contributed by atoms with Crippen LogP contribution in [0.4, 0.5) is 4.39 Å². The lowest BCUT2D eigenvalue weighted by Crippen LogP contribution is -2.10. The first-order valence-corrected chi connectivity index (χ1v) is 8.36. The number of imidazole rings is 1. The van der Waals surface area contributed by atoms with Crippen molar-refractivity contribution in [3.8, 4) is 0 Å². The third-order valence-corrected chi connectivity index (χ3v) is 4.99. The van der Waals surface area contributed by atoms with Crippen LogP contribution in [0.3, 0.4) is 0 Å². The Hall–Kier alpha value is -1.10. The first-order chi connectivity index (χ1) is 10.1. The number of halogens is 3. The molecule has 6 heteroatoms. The van der Waals surface area contributed by atoms with Crippen molar-refractivity contribution in [2.45, 2.75) is 19.4 Å². The van der Waals surface area contributed by atoms with Crippen LogP contribution in [-0.2, 0) is 6.42 Å². The number of fused-ring (bicyclic) bond motifs is 1. The molecule has 0 bridgehead atoms. The van der Waals surface area contributed by atoms with Gasteiger partial charge in [0, 0.05) is 23.2 Å². The van der Waals surface area contributed by atoms with E-state index in [-0.39, 0.29) is 11.1 Å². The van der Waals surface area contributed by atoms with E-state index in [4.69, 9.17) is 23.2 Å². The second-order valence-corrected chi connectivity index (χ2v) is 6.55. The lowest BCUT2D eigenvalue weighted by molar-refractivity contribution is 0.618. The number of hydrogen-bond acceptors (Lipinski definition) is 2. The quantitative estimate of drug-likeness (QED) is 0.589. The Morgan fingerprint density at radius 3 is 2.90 bits per heavy atom. The lowest BCUT2D eigenvalue weighted by Gasteiger charge is -2.16. The molecule has 3 rings (SSSR count). The predicted molar refractivity (Wildman–Crippen MR) is 87.3 cm³/mol. The topological polar surface area (TPSA) is 17.8 Å².